The molecular weight excluding hydrogens is 701 g/mol. The number of anilines is 3. The zero-order valence-electron chi connectivity index (χ0n) is 30.1. The molecule has 0 saturated heterocycles. The van der Waals surface area contributed by atoms with Crippen LogP contribution in [0.4, 0.5) is 17.1 Å². The zero-order valence-corrected chi connectivity index (χ0v) is 31.0. The molecule has 1 N–H and O–H groups in total. The summed E-state index contributed by atoms with van der Waals surface area (Å²) in [6, 6.07) is 64.0. The van der Waals surface area contributed by atoms with E-state index < -0.39 is 0 Å². The van der Waals surface area contributed by atoms with Crippen LogP contribution in [0.5, 0.6) is 0 Å². The molecule has 262 valence electrons. The van der Waals surface area contributed by atoms with Crippen molar-refractivity contribution in [3.63, 3.8) is 0 Å². The standard InChI is InChI=1S/C51H32N4S/c52-50(34-12-2-1-3-13-34)54-51(53-31-32-26-27-40-39-18-6-7-25-47(39)56-48(40)28-32)42-22-10-20-38-37(42)19-11-23-44(38)55-45-24-9-17-33-16-8-21-41(49(33)45)43-29-35-14-4-5-15-36(35)30-46(43)55/h1-31,52H. The molecule has 1 aliphatic heterocycles. The van der Waals surface area contributed by atoms with E-state index in [-0.39, 0.29) is 5.84 Å². The maximum absolute atomic E-state index is 9.09. The summed E-state index contributed by atoms with van der Waals surface area (Å²) in [6.45, 7) is 0. The van der Waals surface area contributed by atoms with Gasteiger partial charge in [-0.2, -0.15) is 0 Å². The van der Waals surface area contributed by atoms with Crippen molar-refractivity contribution in [2.45, 2.75) is 0 Å². The summed E-state index contributed by atoms with van der Waals surface area (Å²) in [6.07, 6.45) is 1.88. The highest BCUT2D eigenvalue weighted by Crippen LogP contribution is 2.53. The molecule has 1 aliphatic rings. The molecule has 0 amide bonds. The maximum Gasteiger partial charge on any atom is 0.162 e. The van der Waals surface area contributed by atoms with Crippen molar-refractivity contribution in [3.8, 4) is 11.1 Å². The average Bonchev–Trinajstić information content (AvgIpc) is 3.63. The van der Waals surface area contributed by atoms with Crippen LogP contribution in [0, 0.1) is 5.41 Å². The Bertz CT molecular complexity index is 3280. The molecule has 0 radical (unpaired) electrons. The van der Waals surface area contributed by atoms with E-state index in [9.17, 15) is 0 Å². The number of benzene rings is 9. The van der Waals surface area contributed by atoms with Gasteiger partial charge in [0.1, 0.15) is 0 Å². The fourth-order valence-corrected chi connectivity index (χ4v) is 9.47. The molecular formula is C51H32N4S. The molecule has 0 atom stereocenters. The number of nitrogens with one attached hydrogen (secondary N) is 1. The predicted molar refractivity (Wildman–Crippen MR) is 239 cm³/mol. The lowest BCUT2D eigenvalue weighted by Crippen LogP contribution is -2.15. The van der Waals surface area contributed by atoms with Gasteiger partial charge >= 0.3 is 0 Å². The van der Waals surface area contributed by atoms with E-state index in [4.69, 9.17) is 15.4 Å². The highest BCUT2D eigenvalue weighted by Gasteiger charge is 2.28. The zero-order chi connectivity index (χ0) is 37.2. The number of nitrogens with zero attached hydrogens (tertiary/aromatic N) is 3. The van der Waals surface area contributed by atoms with Crippen LogP contribution in [-0.4, -0.2) is 17.9 Å². The molecule has 9 aromatic carbocycles. The van der Waals surface area contributed by atoms with Crippen LogP contribution in [0.25, 0.3) is 63.6 Å². The van der Waals surface area contributed by atoms with Crippen LogP contribution in [0.1, 0.15) is 16.7 Å². The third kappa shape index (κ3) is 5.24. The smallest absolute Gasteiger partial charge is 0.162 e. The number of amidine groups is 2. The summed E-state index contributed by atoms with van der Waals surface area (Å²) in [7, 11) is 0. The summed E-state index contributed by atoms with van der Waals surface area (Å²) in [5.74, 6) is 0.640. The Labute approximate surface area is 327 Å². The van der Waals surface area contributed by atoms with Gasteiger partial charge in [-0.3, -0.25) is 5.41 Å². The second-order valence-electron chi connectivity index (χ2n) is 14.2. The van der Waals surface area contributed by atoms with E-state index in [2.05, 4.69) is 157 Å². The van der Waals surface area contributed by atoms with Crippen LogP contribution < -0.4 is 4.90 Å². The lowest BCUT2D eigenvalue weighted by molar-refractivity contribution is 1.30. The molecule has 0 bridgehead atoms. The van der Waals surface area contributed by atoms with Crippen molar-refractivity contribution in [1.29, 1.82) is 5.41 Å². The molecule has 0 saturated carbocycles. The van der Waals surface area contributed by atoms with Crippen LogP contribution in [-0.2, 0) is 0 Å². The second-order valence-corrected chi connectivity index (χ2v) is 15.3. The molecule has 10 aromatic rings. The Morgan fingerprint density at radius 1 is 0.500 bits per heavy atom. The van der Waals surface area contributed by atoms with Crippen LogP contribution in [0.3, 0.4) is 0 Å². The van der Waals surface area contributed by atoms with Gasteiger partial charge in [-0.05, 0) is 69.1 Å². The number of rotatable bonds is 4. The van der Waals surface area contributed by atoms with E-state index >= 15 is 0 Å². The minimum Gasteiger partial charge on any atom is -0.309 e. The summed E-state index contributed by atoms with van der Waals surface area (Å²) in [5.41, 5.74) is 8.38. The molecule has 4 nitrogen and oxygen atoms in total. The van der Waals surface area contributed by atoms with Gasteiger partial charge in [-0.25, -0.2) is 9.98 Å². The van der Waals surface area contributed by atoms with Crippen LogP contribution in [0.2, 0.25) is 0 Å². The van der Waals surface area contributed by atoms with Crippen molar-refractivity contribution >= 4 is 98.8 Å². The summed E-state index contributed by atoms with van der Waals surface area (Å²) < 4.78 is 2.48. The van der Waals surface area contributed by atoms with E-state index in [1.54, 1.807) is 11.3 Å². The highest BCUT2D eigenvalue weighted by atomic mass is 32.1. The van der Waals surface area contributed by atoms with Gasteiger partial charge < -0.3 is 4.90 Å². The van der Waals surface area contributed by atoms with Crippen molar-refractivity contribution < 1.29 is 0 Å². The SMILES string of the molecule is N=C(N=C(N=Cc1ccc2c(c1)sc1ccccc12)c1cccc2c(N3c4cc5ccccc5cc4-c4cccc5cccc3c45)cccc12)c1ccccc1. The van der Waals surface area contributed by atoms with Crippen LogP contribution >= 0.6 is 11.3 Å². The van der Waals surface area contributed by atoms with Gasteiger partial charge in [0.15, 0.2) is 11.7 Å². The Morgan fingerprint density at radius 3 is 2.07 bits per heavy atom. The lowest BCUT2D eigenvalue weighted by atomic mass is 9.88. The van der Waals surface area contributed by atoms with Gasteiger partial charge in [0.2, 0.25) is 0 Å². The van der Waals surface area contributed by atoms with Crippen LogP contribution in [0.15, 0.2) is 192 Å². The van der Waals surface area contributed by atoms with E-state index in [1.807, 2.05) is 36.5 Å². The first kappa shape index (κ1) is 32.2. The summed E-state index contributed by atoms with van der Waals surface area (Å²) in [4.78, 5) is 12.5. The molecule has 11 rings (SSSR count). The third-order valence-corrected chi connectivity index (χ3v) is 12.0. The molecule has 5 heteroatoms. The Kier molecular flexibility index (Phi) is 7.47. The van der Waals surface area contributed by atoms with E-state index in [0.717, 1.165) is 44.5 Å². The molecule has 0 aliphatic carbocycles. The van der Waals surface area contributed by atoms with Crippen molar-refractivity contribution in [3.05, 3.63) is 199 Å². The van der Waals surface area contributed by atoms with Gasteiger partial charge in [0.25, 0.3) is 0 Å². The van der Waals surface area contributed by atoms with Crippen molar-refractivity contribution in [2.24, 2.45) is 9.98 Å². The molecule has 0 unspecified atom stereocenters. The van der Waals surface area contributed by atoms with E-state index in [1.165, 1.54) is 52.8 Å². The number of thiophene rings is 1. The topological polar surface area (TPSA) is 51.8 Å². The predicted octanol–water partition coefficient (Wildman–Crippen LogP) is 13.9. The Morgan fingerprint density at radius 2 is 1.18 bits per heavy atom. The van der Waals surface area contributed by atoms with Gasteiger partial charge in [0.05, 0.1) is 17.1 Å². The molecule has 56 heavy (non-hydrogen) atoms. The van der Waals surface area contributed by atoms with Crippen molar-refractivity contribution in [1.82, 2.24) is 0 Å². The fraction of sp³-hybridized carbons (Fsp3) is 0. The Balaban J connectivity index is 1.10. The normalized spacial score (nSPS) is 12.7. The maximum atomic E-state index is 9.09. The monoisotopic (exact) mass is 732 g/mol. The quantitative estimate of drug-likeness (QED) is 0.142. The molecule has 0 spiro atoms. The van der Waals surface area contributed by atoms with Gasteiger partial charge in [-0.15, -0.1) is 11.3 Å². The lowest BCUT2D eigenvalue weighted by Gasteiger charge is -2.34. The number of hydrogen-bond acceptors (Lipinski definition) is 3. The summed E-state index contributed by atoms with van der Waals surface area (Å²) in [5, 5.41) is 18.5. The third-order valence-electron chi connectivity index (χ3n) is 10.9. The molecule has 1 aromatic heterocycles. The van der Waals surface area contributed by atoms with Gasteiger partial charge in [-0.1, -0.05) is 146 Å². The largest absolute Gasteiger partial charge is 0.309 e. The number of fused-ring (bicyclic) bond motifs is 7. The number of aliphatic imine (C=N–C) groups is 2. The second kappa shape index (κ2) is 13.0. The minimum atomic E-state index is 0.158. The number of hydrogen-bond donors (Lipinski definition) is 1. The molecule has 2 heterocycles. The first-order valence-electron chi connectivity index (χ1n) is 18.7. The Hall–Kier alpha value is -7.21. The van der Waals surface area contributed by atoms with Gasteiger partial charge in [0, 0.05) is 53.8 Å². The van der Waals surface area contributed by atoms with Crippen molar-refractivity contribution in [2.75, 3.05) is 4.90 Å². The highest BCUT2D eigenvalue weighted by molar-refractivity contribution is 7.25. The average molecular weight is 733 g/mol. The summed E-state index contributed by atoms with van der Waals surface area (Å²) >= 11 is 1.79. The first-order chi connectivity index (χ1) is 27.7. The van der Waals surface area contributed by atoms with E-state index in [0.29, 0.717) is 5.84 Å². The fourth-order valence-electron chi connectivity index (χ4n) is 8.32. The minimum absolute atomic E-state index is 0.158. The molecule has 0 fully saturated rings. The first-order valence-corrected chi connectivity index (χ1v) is 19.5.